The van der Waals surface area contributed by atoms with E-state index in [1.54, 1.807) is 0 Å². The van der Waals surface area contributed by atoms with Gasteiger partial charge in [-0.1, -0.05) is 121 Å². The normalized spacial score (nSPS) is 11.5. The number of hydrogen-bond donors (Lipinski definition) is 3. The fraction of sp³-hybridized carbons (Fsp3) is 0.657. The monoisotopic (exact) mass is 559 g/mol. The molecule has 0 unspecified atom stereocenters. The molecule has 2 aromatic carbocycles. The Morgan fingerprint density at radius 1 is 0.538 bits per heavy atom. The van der Waals surface area contributed by atoms with Crippen LogP contribution >= 0.6 is 12.4 Å². The van der Waals surface area contributed by atoms with Crippen LogP contribution in [0.5, 0.6) is 0 Å². The van der Waals surface area contributed by atoms with Gasteiger partial charge in [-0.15, -0.1) is 12.4 Å². The molecule has 4 N–H and O–H groups in total. The number of aliphatic hydroxyl groups is 2. The highest BCUT2D eigenvalue weighted by atomic mass is 35.5. The molecular weight excluding hydrogens is 502 g/mol. The van der Waals surface area contributed by atoms with Gasteiger partial charge in [-0.25, -0.2) is 0 Å². The van der Waals surface area contributed by atoms with Gasteiger partial charge < -0.3 is 15.9 Å². The maximum atomic E-state index is 9.57. The molecule has 4 heteroatoms. The summed E-state index contributed by atoms with van der Waals surface area (Å²) in [5.41, 5.74) is 12.3. The summed E-state index contributed by atoms with van der Waals surface area (Å²) in [5.74, 6) is 0. The summed E-state index contributed by atoms with van der Waals surface area (Å²) in [6.45, 7) is 4.16. The third kappa shape index (κ3) is 14.7. The van der Waals surface area contributed by atoms with Crippen molar-refractivity contribution >= 4 is 12.4 Å². The average molecular weight is 560 g/mol. The first kappa shape index (κ1) is 35.6. The molecule has 0 aliphatic carbocycles. The second-order valence-electron chi connectivity index (χ2n) is 11.6. The van der Waals surface area contributed by atoms with Crippen LogP contribution in [0, 0.1) is 0 Å². The highest BCUT2D eigenvalue weighted by Crippen LogP contribution is 2.21. The molecule has 2 rings (SSSR count). The SMILES string of the molecule is CCCCCCCCc1ccc(CCc2cc(CCC(N)(CO)CO)ccc2CCCCCCCC)cc1.Cl. The summed E-state index contributed by atoms with van der Waals surface area (Å²) >= 11 is 0. The molecule has 0 aliphatic heterocycles. The van der Waals surface area contributed by atoms with Gasteiger partial charge in [0, 0.05) is 0 Å². The van der Waals surface area contributed by atoms with Crippen molar-refractivity contribution in [3.05, 3.63) is 70.3 Å². The topological polar surface area (TPSA) is 66.5 Å². The molecule has 0 spiro atoms. The summed E-state index contributed by atoms with van der Waals surface area (Å²) in [6, 6.07) is 16.2. The number of aryl methyl sites for hydroxylation is 5. The van der Waals surface area contributed by atoms with E-state index < -0.39 is 5.54 Å². The zero-order valence-electron chi connectivity index (χ0n) is 25.1. The smallest absolute Gasteiger partial charge is 0.0633 e. The molecule has 3 nitrogen and oxygen atoms in total. The van der Waals surface area contributed by atoms with E-state index in [-0.39, 0.29) is 25.6 Å². The number of benzene rings is 2. The number of nitrogens with two attached hydrogens (primary N) is 1. The summed E-state index contributed by atoms with van der Waals surface area (Å²) in [7, 11) is 0. The average Bonchev–Trinajstić information content (AvgIpc) is 2.95. The quantitative estimate of drug-likeness (QED) is 0.127. The molecule has 0 aromatic heterocycles. The van der Waals surface area contributed by atoms with E-state index in [9.17, 15) is 10.2 Å². The number of aliphatic hydroxyl groups excluding tert-OH is 2. The Hall–Kier alpha value is -1.39. The Balaban J connectivity index is 0.00000760. The molecule has 0 bridgehead atoms. The molecule has 0 aliphatic rings. The van der Waals surface area contributed by atoms with Crippen LogP contribution in [0.3, 0.4) is 0 Å². The molecule has 222 valence electrons. The second kappa shape index (κ2) is 21.4. The minimum absolute atomic E-state index is 0. The van der Waals surface area contributed by atoms with Crippen LogP contribution in [0.25, 0.3) is 0 Å². The van der Waals surface area contributed by atoms with Gasteiger partial charge in [-0.2, -0.15) is 0 Å². The van der Waals surface area contributed by atoms with Crippen LogP contribution in [-0.2, 0) is 32.1 Å². The minimum atomic E-state index is -0.908. The highest BCUT2D eigenvalue weighted by molar-refractivity contribution is 5.85. The number of hydrogen-bond acceptors (Lipinski definition) is 3. The minimum Gasteiger partial charge on any atom is -0.394 e. The lowest BCUT2D eigenvalue weighted by Gasteiger charge is -2.24. The first-order chi connectivity index (χ1) is 18.5. The molecule has 0 amide bonds. The second-order valence-corrected chi connectivity index (χ2v) is 11.6. The van der Waals surface area contributed by atoms with E-state index >= 15 is 0 Å². The molecule has 2 aromatic rings. The van der Waals surface area contributed by atoms with Gasteiger partial charge in [0.05, 0.1) is 18.8 Å². The van der Waals surface area contributed by atoms with Gasteiger partial charge in [-0.3, -0.25) is 0 Å². The van der Waals surface area contributed by atoms with Crippen LogP contribution in [0.4, 0.5) is 0 Å². The zero-order chi connectivity index (χ0) is 27.5. The van der Waals surface area contributed by atoms with E-state index in [0.717, 1.165) is 25.7 Å². The van der Waals surface area contributed by atoms with Gasteiger partial charge in [0.1, 0.15) is 0 Å². The van der Waals surface area contributed by atoms with Crippen molar-refractivity contribution in [2.45, 2.75) is 135 Å². The Morgan fingerprint density at radius 3 is 1.59 bits per heavy atom. The van der Waals surface area contributed by atoms with E-state index in [0.29, 0.717) is 6.42 Å². The fourth-order valence-corrected chi connectivity index (χ4v) is 5.27. The predicted molar refractivity (Wildman–Crippen MR) is 171 cm³/mol. The summed E-state index contributed by atoms with van der Waals surface area (Å²) < 4.78 is 0. The predicted octanol–water partition coefficient (Wildman–Crippen LogP) is 8.31. The molecule has 0 radical (unpaired) electrons. The third-order valence-electron chi connectivity index (χ3n) is 8.14. The Kier molecular flexibility index (Phi) is 19.5. The Bertz CT molecular complexity index is 863. The van der Waals surface area contributed by atoms with E-state index in [2.05, 4.69) is 56.3 Å². The molecular formula is C35H58ClNO2. The van der Waals surface area contributed by atoms with E-state index in [1.165, 1.54) is 111 Å². The van der Waals surface area contributed by atoms with Gasteiger partial charge >= 0.3 is 0 Å². The van der Waals surface area contributed by atoms with Crippen molar-refractivity contribution < 1.29 is 10.2 Å². The number of rotatable bonds is 22. The van der Waals surface area contributed by atoms with Crippen LogP contribution in [0.2, 0.25) is 0 Å². The number of halogens is 1. The standard InChI is InChI=1S/C35H57NO2.ClH/c1-3-5-7-9-11-13-15-30-17-19-31(20-18-30)21-24-34-27-32(25-26-35(36,28-37)29-38)22-23-33(34)16-14-12-10-8-6-4-2;/h17-20,22-23,27,37-38H,3-16,21,24-26,28-29,36H2,1-2H3;1H. The van der Waals surface area contributed by atoms with Crippen LogP contribution in [0.15, 0.2) is 42.5 Å². The first-order valence-corrected chi connectivity index (χ1v) is 15.7. The van der Waals surface area contributed by atoms with Crippen molar-refractivity contribution in [2.24, 2.45) is 5.73 Å². The molecule has 0 heterocycles. The lowest BCUT2D eigenvalue weighted by atomic mass is 9.90. The third-order valence-corrected chi connectivity index (χ3v) is 8.14. The van der Waals surface area contributed by atoms with Crippen molar-refractivity contribution in [3.63, 3.8) is 0 Å². The van der Waals surface area contributed by atoms with E-state index in [1.807, 2.05) is 0 Å². The Labute approximate surface area is 246 Å². The largest absolute Gasteiger partial charge is 0.394 e. The molecule has 0 saturated carbocycles. The van der Waals surface area contributed by atoms with Crippen molar-refractivity contribution in [1.82, 2.24) is 0 Å². The lowest BCUT2D eigenvalue weighted by Crippen LogP contribution is -2.47. The summed E-state index contributed by atoms with van der Waals surface area (Å²) in [6.07, 6.45) is 21.8. The lowest BCUT2D eigenvalue weighted by molar-refractivity contribution is 0.115. The first-order valence-electron chi connectivity index (χ1n) is 15.7. The summed E-state index contributed by atoms with van der Waals surface area (Å²) in [5, 5.41) is 19.1. The van der Waals surface area contributed by atoms with Crippen LogP contribution in [0.1, 0.15) is 125 Å². The van der Waals surface area contributed by atoms with Gasteiger partial charge in [0.25, 0.3) is 0 Å². The number of unbranched alkanes of at least 4 members (excludes halogenated alkanes) is 10. The maximum absolute atomic E-state index is 9.57. The zero-order valence-corrected chi connectivity index (χ0v) is 25.9. The van der Waals surface area contributed by atoms with Gasteiger partial charge in [0.15, 0.2) is 0 Å². The molecule has 0 saturated heterocycles. The van der Waals surface area contributed by atoms with Crippen molar-refractivity contribution in [3.8, 4) is 0 Å². The summed E-state index contributed by atoms with van der Waals surface area (Å²) in [4.78, 5) is 0. The molecule has 39 heavy (non-hydrogen) atoms. The van der Waals surface area contributed by atoms with Crippen molar-refractivity contribution in [1.29, 1.82) is 0 Å². The van der Waals surface area contributed by atoms with Crippen LogP contribution < -0.4 is 5.73 Å². The van der Waals surface area contributed by atoms with Crippen molar-refractivity contribution in [2.75, 3.05) is 13.2 Å². The maximum Gasteiger partial charge on any atom is 0.0633 e. The van der Waals surface area contributed by atoms with Crippen LogP contribution in [-0.4, -0.2) is 29.0 Å². The van der Waals surface area contributed by atoms with E-state index in [4.69, 9.17) is 5.73 Å². The van der Waals surface area contributed by atoms with Gasteiger partial charge in [-0.05, 0) is 79.2 Å². The molecule has 0 atom stereocenters. The van der Waals surface area contributed by atoms with Gasteiger partial charge in [0.2, 0.25) is 0 Å². The fourth-order valence-electron chi connectivity index (χ4n) is 5.27. The Morgan fingerprint density at radius 2 is 1.03 bits per heavy atom. The highest BCUT2D eigenvalue weighted by Gasteiger charge is 2.22. The molecule has 0 fully saturated rings.